The Kier molecular flexibility index (Phi) is 6.86. The quantitative estimate of drug-likeness (QED) is 0.281. The number of methoxy groups -OCH3 is 1. The minimum absolute atomic E-state index is 0.0310. The van der Waals surface area contributed by atoms with Crippen molar-refractivity contribution in [1.29, 1.82) is 0 Å². The molecule has 0 aliphatic heterocycles. The summed E-state index contributed by atoms with van der Waals surface area (Å²) in [5.41, 5.74) is 2.83. The van der Waals surface area contributed by atoms with Crippen LogP contribution in [0.3, 0.4) is 0 Å². The van der Waals surface area contributed by atoms with Crippen LogP contribution in [0.5, 0.6) is 5.88 Å². The molecule has 0 aliphatic carbocycles. The molecule has 34 heavy (non-hydrogen) atoms. The van der Waals surface area contributed by atoms with Crippen molar-refractivity contribution < 1.29 is 18.7 Å². The van der Waals surface area contributed by atoms with E-state index in [1.165, 1.54) is 25.3 Å². The van der Waals surface area contributed by atoms with Crippen molar-refractivity contribution in [2.24, 2.45) is 0 Å². The largest absolute Gasteiger partial charge is 0.481 e. The van der Waals surface area contributed by atoms with Crippen LogP contribution in [0.15, 0.2) is 54.6 Å². The highest BCUT2D eigenvalue weighted by Gasteiger charge is 2.28. The second-order valence-electron chi connectivity index (χ2n) is 7.31. The van der Waals surface area contributed by atoms with Gasteiger partial charge in [-0.3, -0.25) is 4.57 Å². The molecule has 0 amide bonds. The molecule has 0 aliphatic rings. The van der Waals surface area contributed by atoms with Crippen molar-refractivity contribution in [2.45, 2.75) is 13.8 Å². The molecule has 2 aromatic carbocycles. The van der Waals surface area contributed by atoms with Gasteiger partial charge in [0.2, 0.25) is 5.88 Å². The van der Waals surface area contributed by atoms with Crippen LogP contribution in [0.4, 0.5) is 4.39 Å². The van der Waals surface area contributed by atoms with Gasteiger partial charge in [-0.15, -0.1) is 0 Å². The van der Waals surface area contributed by atoms with Gasteiger partial charge < -0.3 is 9.47 Å². The van der Waals surface area contributed by atoms with Crippen molar-refractivity contribution in [3.63, 3.8) is 0 Å². The highest BCUT2D eigenvalue weighted by Crippen LogP contribution is 2.37. The molecule has 4 rings (SSSR count). The average Bonchev–Trinajstić information content (AvgIpc) is 3.23. The Balaban J connectivity index is 2.14. The van der Waals surface area contributed by atoms with Crippen LogP contribution < -0.4 is 4.74 Å². The molecule has 2 aromatic heterocycles. The molecule has 0 atom stereocenters. The maximum absolute atomic E-state index is 14.0. The van der Waals surface area contributed by atoms with Crippen molar-refractivity contribution in [3.8, 4) is 34.3 Å². The fraction of sp³-hybridized carbons (Fsp3) is 0.160. The Morgan fingerprint density at radius 2 is 1.88 bits per heavy atom. The van der Waals surface area contributed by atoms with Crippen molar-refractivity contribution in [2.75, 3.05) is 13.7 Å². The SMILES string of the molecule is CCOC(=O)c1nc(-c2cccc(OC)n2)n(-c2cc(Cl)ccc2C)c1-c1ccc(F)c(Cl)c1. The van der Waals surface area contributed by atoms with Gasteiger partial charge in [-0.2, -0.15) is 0 Å². The number of rotatable bonds is 6. The molecule has 6 nitrogen and oxygen atoms in total. The molecule has 0 saturated carbocycles. The van der Waals surface area contributed by atoms with E-state index in [-0.39, 0.29) is 17.3 Å². The first-order valence-corrected chi connectivity index (χ1v) is 11.1. The molecule has 0 N–H and O–H groups in total. The molecule has 174 valence electrons. The molecular formula is C25H20Cl2FN3O3. The Morgan fingerprint density at radius 3 is 2.59 bits per heavy atom. The van der Waals surface area contributed by atoms with Crippen molar-refractivity contribution in [3.05, 3.63) is 81.7 Å². The van der Waals surface area contributed by atoms with E-state index < -0.39 is 11.8 Å². The maximum atomic E-state index is 14.0. The summed E-state index contributed by atoms with van der Waals surface area (Å²) in [6, 6.07) is 14.8. The number of esters is 1. The molecule has 0 bridgehead atoms. The first kappa shape index (κ1) is 23.7. The van der Waals surface area contributed by atoms with E-state index in [9.17, 15) is 9.18 Å². The van der Waals surface area contributed by atoms with Crippen LogP contribution in [-0.2, 0) is 4.74 Å². The number of hydrogen-bond acceptors (Lipinski definition) is 5. The minimum Gasteiger partial charge on any atom is -0.481 e. The van der Waals surface area contributed by atoms with E-state index >= 15 is 0 Å². The van der Waals surface area contributed by atoms with Crippen LogP contribution in [-0.4, -0.2) is 34.2 Å². The van der Waals surface area contributed by atoms with E-state index in [1.807, 2.05) is 13.0 Å². The summed E-state index contributed by atoms with van der Waals surface area (Å²) in [6.07, 6.45) is 0. The third-order valence-corrected chi connectivity index (χ3v) is 5.64. The zero-order chi connectivity index (χ0) is 24.4. The van der Waals surface area contributed by atoms with Crippen molar-refractivity contribution >= 4 is 29.2 Å². The summed E-state index contributed by atoms with van der Waals surface area (Å²) in [6.45, 7) is 3.76. The molecule has 0 radical (unpaired) electrons. The Labute approximate surface area is 205 Å². The fourth-order valence-corrected chi connectivity index (χ4v) is 3.90. The van der Waals surface area contributed by atoms with Crippen molar-refractivity contribution in [1.82, 2.24) is 14.5 Å². The number of nitrogens with zero attached hydrogens (tertiary/aromatic N) is 3. The predicted octanol–water partition coefficient (Wildman–Crippen LogP) is 6.54. The molecule has 4 aromatic rings. The van der Waals surface area contributed by atoms with Crippen LogP contribution in [0.1, 0.15) is 23.0 Å². The smallest absolute Gasteiger partial charge is 0.359 e. The number of carbonyl (C=O) groups is 1. The van der Waals surface area contributed by atoms with Gasteiger partial charge in [0, 0.05) is 16.7 Å². The number of aromatic nitrogens is 3. The highest BCUT2D eigenvalue weighted by molar-refractivity contribution is 6.31. The number of imidazole rings is 1. The third-order valence-electron chi connectivity index (χ3n) is 5.11. The summed E-state index contributed by atoms with van der Waals surface area (Å²) in [5.74, 6) is -0.495. The van der Waals surface area contributed by atoms with E-state index in [0.717, 1.165) is 5.56 Å². The number of carbonyl (C=O) groups excluding carboxylic acids is 1. The summed E-state index contributed by atoms with van der Waals surface area (Å²) in [7, 11) is 1.51. The van der Waals surface area contributed by atoms with Gasteiger partial charge in [-0.25, -0.2) is 19.2 Å². The lowest BCUT2D eigenvalue weighted by molar-refractivity contribution is 0.0521. The Hall–Kier alpha value is -3.42. The number of pyridine rings is 1. The zero-order valence-corrected chi connectivity index (χ0v) is 20.1. The topological polar surface area (TPSA) is 66.2 Å². The van der Waals surface area contributed by atoms with Gasteiger partial charge in [-0.1, -0.05) is 35.3 Å². The predicted molar refractivity (Wildman–Crippen MR) is 129 cm³/mol. The summed E-state index contributed by atoms with van der Waals surface area (Å²) < 4.78 is 26.3. The second kappa shape index (κ2) is 9.83. The summed E-state index contributed by atoms with van der Waals surface area (Å²) in [5, 5.41) is 0.392. The molecule has 0 fully saturated rings. The molecular weight excluding hydrogens is 480 g/mol. The highest BCUT2D eigenvalue weighted by atomic mass is 35.5. The maximum Gasteiger partial charge on any atom is 0.359 e. The van der Waals surface area contributed by atoms with Crippen LogP contribution in [0, 0.1) is 12.7 Å². The van der Waals surface area contributed by atoms with Gasteiger partial charge in [-0.05, 0) is 55.8 Å². The van der Waals surface area contributed by atoms with E-state index in [2.05, 4.69) is 9.97 Å². The second-order valence-corrected chi connectivity index (χ2v) is 8.16. The minimum atomic E-state index is -0.638. The Morgan fingerprint density at radius 1 is 1.09 bits per heavy atom. The van der Waals surface area contributed by atoms with E-state index in [4.69, 9.17) is 32.7 Å². The third kappa shape index (κ3) is 4.49. The molecule has 0 saturated heterocycles. The van der Waals surface area contributed by atoms with Gasteiger partial charge in [0.25, 0.3) is 0 Å². The lowest BCUT2D eigenvalue weighted by Crippen LogP contribution is -2.08. The van der Waals surface area contributed by atoms with Gasteiger partial charge in [0.1, 0.15) is 11.5 Å². The number of ether oxygens (including phenoxy) is 2. The molecule has 9 heteroatoms. The monoisotopic (exact) mass is 499 g/mol. The Bertz CT molecular complexity index is 1390. The van der Waals surface area contributed by atoms with Gasteiger partial charge >= 0.3 is 5.97 Å². The number of hydrogen-bond donors (Lipinski definition) is 0. The van der Waals surface area contributed by atoms with Crippen LogP contribution in [0.2, 0.25) is 10.0 Å². The first-order chi connectivity index (χ1) is 16.3. The van der Waals surface area contributed by atoms with Gasteiger partial charge in [0.15, 0.2) is 11.5 Å². The lowest BCUT2D eigenvalue weighted by atomic mass is 10.1. The summed E-state index contributed by atoms with van der Waals surface area (Å²) in [4.78, 5) is 22.2. The summed E-state index contributed by atoms with van der Waals surface area (Å²) >= 11 is 12.4. The standard InChI is InChI=1S/C25H20Cl2FN3O3/c1-4-34-25(32)22-23(15-9-11-18(28)17(27)12-15)31(20-13-16(26)10-8-14(20)2)24(30-22)19-6-5-7-21(29-19)33-3/h5-13H,4H2,1-3H3. The zero-order valence-electron chi connectivity index (χ0n) is 18.6. The lowest BCUT2D eigenvalue weighted by Gasteiger charge is -2.16. The van der Waals surface area contributed by atoms with E-state index in [1.54, 1.807) is 41.8 Å². The van der Waals surface area contributed by atoms with Gasteiger partial charge in [0.05, 0.1) is 30.1 Å². The normalized spacial score (nSPS) is 10.9. The van der Waals surface area contributed by atoms with E-state index in [0.29, 0.717) is 39.4 Å². The van der Waals surface area contributed by atoms with Crippen LogP contribution >= 0.6 is 23.2 Å². The fourth-order valence-electron chi connectivity index (χ4n) is 3.55. The number of halogens is 3. The molecule has 0 unspecified atom stereocenters. The van der Waals surface area contributed by atoms with Crippen LogP contribution in [0.25, 0.3) is 28.5 Å². The molecule has 0 spiro atoms. The first-order valence-electron chi connectivity index (χ1n) is 10.4. The number of aryl methyl sites for hydroxylation is 1. The number of benzene rings is 2. The molecule has 2 heterocycles. The average molecular weight is 500 g/mol.